The van der Waals surface area contributed by atoms with E-state index in [9.17, 15) is 0 Å². The van der Waals surface area contributed by atoms with Crippen LogP contribution in [0.3, 0.4) is 0 Å². The summed E-state index contributed by atoms with van der Waals surface area (Å²) in [5, 5.41) is 1.19. The van der Waals surface area contributed by atoms with Crippen LogP contribution in [-0.2, 0) is 13.0 Å². The summed E-state index contributed by atoms with van der Waals surface area (Å²) in [6.45, 7) is 8.74. The van der Waals surface area contributed by atoms with Crippen LogP contribution < -0.4 is 4.74 Å². The van der Waals surface area contributed by atoms with Crippen molar-refractivity contribution in [3.63, 3.8) is 0 Å². The highest BCUT2D eigenvalue weighted by atomic mass is 16.5. The zero-order valence-electron chi connectivity index (χ0n) is 17.8. The van der Waals surface area contributed by atoms with Gasteiger partial charge in [0.15, 0.2) is 0 Å². The predicted molar refractivity (Wildman–Crippen MR) is 120 cm³/mol. The minimum atomic E-state index is 0.218. The molecule has 3 aromatic rings. The van der Waals surface area contributed by atoms with Crippen molar-refractivity contribution in [1.29, 1.82) is 0 Å². The van der Waals surface area contributed by atoms with Crippen LogP contribution in [0.5, 0.6) is 5.75 Å². The van der Waals surface area contributed by atoms with Gasteiger partial charge in [0, 0.05) is 48.5 Å². The molecule has 3 heterocycles. The molecule has 2 aromatic heterocycles. The molecular weight excluding hydrogens is 370 g/mol. The molecule has 0 radical (unpaired) electrons. The minimum absolute atomic E-state index is 0.218. The number of rotatable bonds is 7. The van der Waals surface area contributed by atoms with Crippen LogP contribution >= 0.6 is 0 Å². The molecule has 4 unspecified atom stereocenters. The summed E-state index contributed by atoms with van der Waals surface area (Å²) in [4.78, 5) is 11.4. The first-order valence-electron chi connectivity index (χ1n) is 10.9. The molecule has 1 saturated carbocycles. The van der Waals surface area contributed by atoms with Gasteiger partial charge >= 0.3 is 0 Å². The maximum Gasteiger partial charge on any atom is 0.119 e. The number of piperidine rings is 1. The Balaban J connectivity index is 1.52. The summed E-state index contributed by atoms with van der Waals surface area (Å²) in [7, 11) is 1.72. The van der Waals surface area contributed by atoms with Crippen LogP contribution in [0.25, 0.3) is 10.9 Å². The van der Waals surface area contributed by atoms with E-state index in [-0.39, 0.29) is 5.41 Å². The van der Waals surface area contributed by atoms with E-state index in [1.807, 2.05) is 24.7 Å². The molecule has 0 N–H and O–H groups in total. The highest BCUT2D eigenvalue weighted by Crippen LogP contribution is 2.69. The van der Waals surface area contributed by atoms with E-state index in [1.54, 1.807) is 7.11 Å². The van der Waals surface area contributed by atoms with Gasteiger partial charge in [-0.15, -0.1) is 6.58 Å². The van der Waals surface area contributed by atoms with Crippen molar-refractivity contribution >= 4 is 10.9 Å². The first-order valence-corrected chi connectivity index (χ1v) is 10.9. The largest absolute Gasteiger partial charge is 0.497 e. The van der Waals surface area contributed by atoms with Gasteiger partial charge in [-0.2, -0.15) is 0 Å². The molecule has 1 aromatic carbocycles. The van der Waals surface area contributed by atoms with Gasteiger partial charge in [0.2, 0.25) is 0 Å². The van der Waals surface area contributed by atoms with Crippen molar-refractivity contribution in [2.75, 3.05) is 13.7 Å². The topological polar surface area (TPSA) is 38.2 Å². The monoisotopic (exact) mass is 399 g/mol. The molecule has 2 fully saturated rings. The number of likely N-dealkylation sites (tertiary alicyclic amines) is 1. The fourth-order valence-electron chi connectivity index (χ4n) is 6.04. The number of pyridine rings is 2. The quantitative estimate of drug-likeness (QED) is 0.530. The molecule has 1 saturated heterocycles. The molecule has 0 amide bonds. The van der Waals surface area contributed by atoms with Gasteiger partial charge in [-0.3, -0.25) is 14.9 Å². The van der Waals surface area contributed by atoms with Gasteiger partial charge in [0.25, 0.3) is 0 Å². The Bertz CT molecular complexity index is 1070. The van der Waals surface area contributed by atoms with Crippen molar-refractivity contribution in [3.05, 3.63) is 78.8 Å². The summed E-state index contributed by atoms with van der Waals surface area (Å²) in [6, 6.07) is 13.0. The molecule has 4 nitrogen and oxygen atoms in total. The number of nitrogens with zero attached hydrogens (tertiary/aromatic N) is 3. The summed E-state index contributed by atoms with van der Waals surface area (Å²) >= 11 is 0. The maximum atomic E-state index is 5.49. The van der Waals surface area contributed by atoms with Crippen LogP contribution in [0, 0.1) is 17.3 Å². The van der Waals surface area contributed by atoms with Crippen molar-refractivity contribution in [3.8, 4) is 5.75 Å². The van der Waals surface area contributed by atoms with Crippen LogP contribution in [-0.4, -0.2) is 34.6 Å². The smallest absolute Gasteiger partial charge is 0.119 e. The molecule has 1 aliphatic carbocycles. The Morgan fingerprint density at radius 1 is 1.20 bits per heavy atom. The van der Waals surface area contributed by atoms with Gasteiger partial charge in [-0.25, -0.2) is 0 Å². The van der Waals surface area contributed by atoms with Gasteiger partial charge in [0.1, 0.15) is 5.75 Å². The Morgan fingerprint density at radius 3 is 2.77 bits per heavy atom. The van der Waals surface area contributed by atoms with Crippen molar-refractivity contribution in [1.82, 2.24) is 14.9 Å². The summed E-state index contributed by atoms with van der Waals surface area (Å²) in [6.07, 6.45) is 10.2. The van der Waals surface area contributed by atoms with Gasteiger partial charge in [-0.05, 0) is 65.8 Å². The third kappa shape index (κ3) is 2.93. The Hall–Kier alpha value is -2.72. The van der Waals surface area contributed by atoms with E-state index < -0.39 is 0 Å². The fourth-order valence-corrected chi connectivity index (χ4v) is 6.04. The highest BCUT2D eigenvalue weighted by Gasteiger charge is 2.70. The third-order valence-corrected chi connectivity index (χ3v) is 7.49. The average Bonchev–Trinajstić information content (AvgIpc) is 3.33. The summed E-state index contributed by atoms with van der Waals surface area (Å²) in [5.41, 5.74) is 3.91. The lowest BCUT2D eigenvalue weighted by molar-refractivity contribution is 0.171. The van der Waals surface area contributed by atoms with Crippen LogP contribution in [0.2, 0.25) is 0 Å². The second-order valence-corrected chi connectivity index (χ2v) is 8.68. The molecule has 30 heavy (non-hydrogen) atoms. The van der Waals surface area contributed by atoms with Gasteiger partial charge < -0.3 is 4.74 Å². The van der Waals surface area contributed by atoms with Crippen molar-refractivity contribution in [2.24, 2.45) is 17.3 Å². The zero-order valence-corrected chi connectivity index (χ0v) is 17.8. The van der Waals surface area contributed by atoms with Crippen LogP contribution in [0.4, 0.5) is 0 Å². The second-order valence-electron chi connectivity index (χ2n) is 8.68. The highest BCUT2D eigenvalue weighted by molar-refractivity contribution is 5.83. The minimum Gasteiger partial charge on any atom is -0.497 e. The standard InChI is InChI=1S/C26H29N3O/c1-4-22-23-17-29(16-18-8-11-27-12-9-18)25(26(22,23)5-2)14-19-10-13-28-24-7-6-20(30-3)15-21(19)24/h5-13,15,22-23,25H,2,4,14,16-17H2,1,3H3. The summed E-state index contributed by atoms with van der Waals surface area (Å²) < 4.78 is 5.49. The van der Waals surface area contributed by atoms with E-state index in [4.69, 9.17) is 4.74 Å². The van der Waals surface area contributed by atoms with Crippen LogP contribution in [0.15, 0.2) is 67.6 Å². The molecule has 154 valence electrons. The first-order chi connectivity index (χ1) is 14.7. The van der Waals surface area contributed by atoms with E-state index in [2.05, 4.69) is 64.8 Å². The Labute approximate surface area is 178 Å². The molecule has 0 bridgehead atoms. The summed E-state index contributed by atoms with van der Waals surface area (Å²) in [5.74, 6) is 2.34. The molecule has 5 rings (SSSR count). The van der Waals surface area contributed by atoms with E-state index in [1.165, 1.54) is 22.9 Å². The third-order valence-electron chi connectivity index (χ3n) is 7.49. The Morgan fingerprint density at radius 2 is 2.03 bits per heavy atom. The lowest BCUT2D eigenvalue weighted by Crippen LogP contribution is -2.39. The molecule has 2 aliphatic rings. The first kappa shape index (κ1) is 19.3. The molecule has 4 atom stereocenters. The lowest BCUT2D eigenvalue weighted by Gasteiger charge is -2.33. The molecular formula is C26H29N3O. The van der Waals surface area contributed by atoms with Gasteiger partial charge in [0.05, 0.1) is 12.6 Å². The number of fused-ring (bicyclic) bond motifs is 2. The van der Waals surface area contributed by atoms with E-state index >= 15 is 0 Å². The predicted octanol–water partition coefficient (Wildman–Crippen LogP) is 4.89. The van der Waals surface area contributed by atoms with Gasteiger partial charge in [-0.1, -0.05) is 19.4 Å². The number of aromatic nitrogens is 2. The molecule has 4 heteroatoms. The van der Waals surface area contributed by atoms with E-state index in [0.29, 0.717) is 6.04 Å². The normalized spacial score (nSPS) is 27.7. The SMILES string of the molecule is C=CC12C(CC)C1CN(Cc1ccncc1)C2Cc1ccnc2ccc(OC)cc12. The average molecular weight is 400 g/mol. The molecule has 0 spiro atoms. The van der Waals surface area contributed by atoms with Crippen molar-refractivity contribution in [2.45, 2.75) is 32.4 Å². The fraction of sp³-hybridized carbons (Fsp3) is 0.385. The maximum absolute atomic E-state index is 5.49. The van der Waals surface area contributed by atoms with Crippen molar-refractivity contribution < 1.29 is 4.74 Å². The number of hydrogen-bond donors (Lipinski definition) is 0. The Kier molecular flexibility index (Phi) is 4.82. The number of methoxy groups -OCH3 is 1. The lowest BCUT2D eigenvalue weighted by atomic mass is 9.86. The number of benzene rings is 1. The second kappa shape index (κ2) is 7.51. The number of ether oxygens (including phenoxy) is 1. The zero-order chi connectivity index (χ0) is 20.7. The number of hydrogen-bond acceptors (Lipinski definition) is 4. The van der Waals surface area contributed by atoms with Crippen LogP contribution in [0.1, 0.15) is 24.5 Å². The van der Waals surface area contributed by atoms with E-state index in [0.717, 1.165) is 42.6 Å². The molecule has 1 aliphatic heterocycles.